The number of carbonyl (C=O) groups excluding carboxylic acids is 1. The maximum atomic E-state index is 13.3. The van der Waals surface area contributed by atoms with E-state index in [2.05, 4.69) is 57.0 Å². The molecule has 1 atom stereocenters. The Morgan fingerprint density at radius 3 is 2.61 bits per heavy atom. The standard InChI is InChI=1S/C23H30FN5O.HI/c1-3-25-23(26-16-22(30)28-20-10-7-9-19(24)15-20)27-17(2)18-8-6-11-21(14-18)29-12-4-5-13-29;/h6-11,14-15,17H,3-5,12-13,16H2,1-2H3,(H,28,30)(H2,25,26,27);1H. The molecule has 1 saturated heterocycles. The average Bonchev–Trinajstić information content (AvgIpc) is 3.27. The van der Waals surface area contributed by atoms with Crippen LogP contribution in [-0.4, -0.2) is 38.0 Å². The second kappa shape index (κ2) is 12.5. The van der Waals surface area contributed by atoms with E-state index in [1.165, 1.54) is 30.7 Å². The summed E-state index contributed by atoms with van der Waals surface area (Å²) in [4.78, 5) is 19.0. The number of hydrogen-bond donors (Lipinski definition) is 3. The van der Waals surface area contributed by atoms with Crippen LogP contribution in [0.25, 0.3) is 0 Å². The fourth-order valence-electron chi connectivity index (χ4n) is 3.49. The molecule has 31 heavy (non-hydrogen) atoms. The van der Waals surface area contributed by atoms with Gasteiger partial charge in [-0.2, -0.15) is 0 Å². The number of hydrogen-bond acceptors (Lipinski definition) is 3. The van der Waals surface area contributed by atoms with Gasteiger partial charge in [0.25, 0.3) is 0 Å². The molecule has 2 aromatic rings. The summed E-state index contributed by atoms with van der Waals surface area (Å²) >= 11 is 0. The monoisotopic (exact) mass is 539 g/mol. The first-order valence-corrected chi connectivity index (χ1v) is 10.5. The highest BCUT2D eigenvalue weighted by atomic mass is 127. The van der Waals surface area contributed by atoms with E-state index < -0.39 is 5.82 Å². The van der Waals surface area contributed by atoms with Crippen LogP contribution in [0.1, 0.15) is 38.3 Å². The highest BCUT2D eigenvalue weighted by Gasteiger charge is 2.14. The Kier molecular flexibility index (Phi) is 10.0. The summed E-state index contributed by atoms with van der Waals surface area (Å²) in [7, 11) is 0. The number of guanidine groups is 1. The second-order valence-corrected chi connectivity index (χ2v) is 7.41. The third-order valence-corrected chi connectivity index (χ3v) is 5.03. The van der Waals surface area contributed by atoms with Gasteiger partial charge in [-0.3, -0.25) is 4.79 Å². The molecule has 6 nitrogen and oxygen atoms in total. The SMILES string of the molecule is CCNC(=NCC(=O)Nc1cccc(F)c1)NC(C)c1cccc(N2CCCC2)c1.I. The lowest BCUT2D eigenvalue weighted by Crippen LogP contribution is -2.39. The highest BCUT2D eigenvalue weighted by molar-refractivity contribution is 14.0. The molecule has 0 aliphatic carbocycles. The summed E-state index contributed by atoms with van der Waals surface area (Å²) in [5.74, 6) is -0.135. The van der Waals surface area contributed by atoms with E-state index in [9.17, 15) is 9.18 Å². The number of anilines is 2. The second-order valence-electron chi connectivity index (χ2n) is 7.41. The van der Waals surface area contributed by atoms with Crippen molar-refractivity contribution in [3.63, 3.8) is 0 Å². The predicted octanol–water partition coefficient (Wildman–Crippen LogP) is 4.30. The minimum absolute atomic E-state index is 0. The molecule has 1 aliphatic heterocycles. The fourth-order valence-corrected chi connectivity index (χ4v) is 3.49. The zero-order valence-corrected chi connectivity index (χ0v) is 20.4. The van der Waals surface area contributed by atoms with E-state index >= 15 is 0 Å². The van der Waals surface area contributed by atoms with Gasteiger partial charge in [-0.1, -0.05) is 18.2 Å². The third kappa shape index (κ3) is 7.68. The Bertz CT molecular complexity index is 886. The first kappa shape index (κ1) is 24.9. The van der Waals surface area contributed by atoms with Crippen molar-refractivity contribution >= 4 is 47.2 Å². The Morgan fingerprint density at radius 2 is 1.90 bits per heavy atom. The van der Waals surface area contributed by atoms with E-state index in [1.54, 1.807) is 12.1 Å². The average molecular weight is 539 g/mol. The van der Waals surface area contributed by atoms with Crippen LogP contribution in [0.15, 0.2) is 53.5 Å². The van der Waals surface area contributed by atoms with E-state index in [0.717, 1.165) is 18.7 Å². The van der Waals surface area contributed by atoms with Crippen LogP contribution in [0.2, 0.25) is 0 Å². The zero-order valence-electron chi connectivity index (χ0n) is 18.0. The van der Waals surface area contributed by atoms with E-state index in [1.807, 2.05) is 6.92 Å². The molecule has 8 heteroatoms. The largest absolute Gasteiger partial charge is 0.372 e. The Hall–Kier alpha value is -2.36. The molecule has 1 amide bonds. The lowest BCUT2D eigenvalue weighted by atomic mass is 10.1. The van der Waals surface area contributed by atoms with Crippen LogP contribution in [0.3, 0.4) is 0 Å². The summed E-state index contributed by atoms with van der Waals surface area (Å²) in [6, 6.07) is 14.4. The molecule has 2 aromatic carbocycles. The van der Waals surface area contributed by atoms with Crippen LogP contribution < -0.4 is 20.9 Å². The van der Waals surface area contributed by atoms with Crippen molar-refractivity contribution in [3.05, 3.63) is 59.9 Å². The number of benzene rings is 2. The molecule has 168 valence electrons. The first-order valence-electron chi connectivity index (χ1n) is 10.5. The maximum absolute atomic E-state index is 13.3. The number of rotatable bonds is 7. The summed E-state index contributed by atoms with van der Waals surface area (Å²) in [5, 5.41) is 9.19. The quantitative estimate of drug-likeness (QED) is 0.279. The number of amides is 1. The highest BCUT2D eigenvalue weighted by Crippen LogP contribution is 2.23. The third-order valence-electron chi connectivity index (χ3n) is 5.03. The van der Waals surface area contributed by atoms with Crippen molar-refractivity contribution in [2.75, 3.05) is 36.4 Å². The molecule has 0 aromatic heterocycles. The van der Waals surface area contributed by atoms with Gasteiger partial charge in [-0.25, -0.2) is 9.38 Å². The number of carbonyl (C=O) groups is 1. The van der Waals surface area contributed by atoms with Gasteiger partial charge in [0.2, 0.25) is 5.91 Å². The summed E-state index contributed by atoms with van der Waals surface area (Å²) in [6.07, 6.45) is 2.49. The molecule has 1 unspecified atom stereocenters. The van der Waals surface area contributed by atoms with E-state index in [4.69, 9.17) is 0 Å². The Morgan fingerprint density at radius 1 is 1.16 bits per heavy atom. The van der Waals surface area contributed by atoms with Crippen LogP contribution in [0.4, 0.5) is 15.8 Å². The van der Waals surface area contributed by atoms with Crippen molar-refractivity contribution in [2.45, 2.75) is 32.7 Å². The van der Waals surface area contributed by atoms with Gasteiger partial charge in [-0.05, 0) is 62.6 Å². The van der Waals surface area contributed by atoms with Gasteiger partial charge in [0, 0.05) is 31.0 Å². The number of nitrogens with one attached hydrogen (secondary N) is 3. The summed E-state index contributed by atoms with van der Waals surface area (Å²) in [5.41, 5.74) is 2.82. The predicted molar refractivity (Wildman–Crippen MR) is 136 cm³/mol. The van der Waals surface area contributed by atoms with Crippen LogP contribution >= 0.6 is 24.0 Å². The Balaban J connectivity index is 0.00000341. The Labute approximate surface area is 200 Å². The molecule has 1 aliphatic rings. The lowest BCUT2D eigenvalue weighted by molar-refractivity contribution is -0.114. The molecule has 3 rings (SSSR count). The number of halogens is 2. The molecule has 0 bridgehead atoms. The molecular weight excluding hydrogens is 508 g/mol. The van der Waals surface area contributed by atoms with Crippen LogP contribution in [-0.2, 0) is 4.79 Å². The number of nitrogens with zero attached hydrogens (tertiary/aromatic N) is 2. The van der Waals surface area contributed by atoms with Gasteiger partial charge in [-0.15, -0.1) is 24.0 Å². The topological polar surface area (TPSA) is 68.8 Å². The smallest absolute Gasteiger partial charge is 0.246 e. The van der Waals surface area contributed by atoms with Gasteiger partial charge in [0.1, 0.15) is 12.4 Å². The van der Waals surface area contributed by atoms with Crippen molar-refractivity contribution < 1.29 is 9.18 Å². The summed E-state index contributed by atoms with van der Waals surface area (Å²) in [6.45, 7) is 6.88. The van der Waals surface area contributed by atoms with Gasteiger partial charge in [0.15, 0.2) is 5.96 Å². The molecular formula is C23H31FIN5O. The van der Waals surface area contributed by atoms with Crippen molar-refractivity contribution in [3.8, 4) is 0 Å². The van der Waals surface area contributed by atoms with E-state index in [0.29, 0.717) is 18.2 Å². The zero-order chi connectivity index (χ0) is 21.3. The lowest BCUT2D eigenvalue weighted by Gasteiger charge is -2.22. The molecule has 3 N–H and O–H groups in total. The van der Waals surface area contributed by atoms with Crippen LogP contribution in [0.5, 0.6) is 0 Å². The molecule has 0 saturated carbocycles. The van der Waals surface area contributed by atoms with Crippen molar-refractivity contribution in [1.82, 2.24) is 10.6 Å². The summed E-state index contributed by atoms with van der Waals surface area (Å²) < 4.78 is 13.3. The molecule has 1 heterocycles. The maximum Gasteiger partial charge on any atom is 0.246 e. The first-order chi connectivity index (χ1) is 14.5. The minimum Gasteiger partial charge on any atom is -0.372 e. The molecule has 1 fully saturated rings. The van der Waals surface area contributed by atoms with Gasteiger partial charge in [0.05, 0.1) is 6.04 Å². The molecule has 0 spiro atoms. The molecule has 0 radical (unpaired) electrons. The minimum atomic E-state index is -0.392. The van der Waals surface area contributed by atoms with E-state index in [-0.39, 0.29) is 42.5 Å². The van der Waals surface area contributed by atoms with Gasteiger partial charge < -0.3 is 20.9 Å². The van der Waals surface area contributed by atoms with Crippen molar-refractivity contribution in [2.24, 2.45) is 4.99 Å². The normalized spacial score (nSPS) is 14.5. The van der Waals surface area contributed by atoms with Gasteiger partial charge >= 0.3 is 0 Å². The number of aliphatic imine (C=N–C) groups is 1. The van der Waals surface area contributed by atoms with Crippen molar-refractivity contribution in [1.29, 1.82) is 0 Å². The van der Waals surface area contributed by atoms with Crippen LogP contribution in [0, 0.1) is 5.82 Å². The fraction of sp³-hybridized carbons (Fsp3) is 0.391.